The van der Waals surface area contributed by atoms with Gasteiger partial charge in [0.25, 0.3) is 0 Å². The van der Waals surface area contributed by atoms with Crippen molar-refractivity contribution >= 4 is 11.3 Å². The van der Waals surface area contributed by atoms with E-state index in [4.69, 9.17) is 0 Å². The first-order valence-electron chi connectivity index (χ1n) is 1.47. The Morgan fingerprint density at radius 1 is 1.00 bits per heavy atom. The summed E-state index contributed by atoms with van der Waals surface area (Å²) in [4.78, 5) is 0. The molecule has 0 amide bonds. The topological polar surface area (TPSA) is 0 Å². The Kier molecular flexibility index (Phi) is 3.70. The second-order valence-corrected chi connectivity index (χ2v) is 1.61. The van der Waals surface area contributed by atoms with Crippen LogP contribution in [0.1, 0.15) is 0 Å². The molecular weight excluding hydrogens is 181 g/mol. The maximum absolute atomic E-state index is 2.04. The summed E-state index contributed by atoms with van der Waals surface area (Å²) in [5, 5.41) is 4.08. The van der Waals surface area contributed by atoms with Gasteiger partial charge in [-0.15, -0.1) is 0 Å². The van der Waals surface area contributed by atoms with E-state index in [0.29, 0.717) is 0 Å². The van der Waals surface area contributed by atoms with E-state index in [1.54, 1.807) is 11.3 Å². The summed E-state index contributed by atoms with van der Waals surface area (Å²) < 4.78 is 0. The van der Waals surface area contributed by atoms with Crippen LogP contribution in [0.3, 0.4) is 0 Å². The first kappa shape index (κ1) is 6.32. The molecule has 0 aromatic carbocycles. The van der Waals surface area contributed by atoms with Crippen molar-refractivity contribution in [1.29, 1.82) is 0 Å². The third-order valence-electron chi connectivity index (χ3n) is 0.425. The predicted octanol–water partition coefficient (Wildman–Crippen LogP) is 1.75. The molecule has 0 nitrogen and oxygen atoms in total. The SMILES string of the molecule is [Ru].c1ccsc1. The Balaban J connectivity index is 0.000000250. The fourth-order valence-electron chi connectivity index (χ4n) is 0.227. The predicted molar refractivity (Wildman–Crippen MR) is 24.3 cm³/mol. The van der Waals surface area contributed by atoms with Crippen LogP contribution in [0, 0.1) is 0 Å². The molecule has 0 fully saturated rings. The zero-order chi connectivity index (χ0) is 3.54. The van der Waals surface area contributed by atoms with Crippen LogP contribution in [0.2, 0.25) is 0 Å². The summed E-state index contributed by atoms with van der Waals surface area (Å²) in [6.45, 7) is 0. The molecule has 34 valence electrons. The Labute approximate surface area is 54.0 Å². The molecule has 0 aliphatic heterocycles. The van der Waals surface area contributed by atoms with Gasteiger partial charge in [0.2, 0.25) is 0 Å². The van der Waals surface area contributed by atoms with Gasteiger partial charge in [0.1, 0.15) is 0 Å². The Morgan fingerprint density at radius 3 is 1.67 bits per heavy atom. The average Bonchev–Trinajstić information content (AvgIpc) is 1.76. The van der Waals surface area contributed by atoms with Gasteiger partial charge in [-0.2, -0.15) is 11.3 Å². The largest absolute Gasteiger partial charge is 0.152 e. The fourth-order valence-corrected chi connectivity index (χ4v) is 0.680. The molecule has 0 spiro atoms. The number of thiophene rings is 1. The molecule has 0 aliphatic carbocycles. The molecule has 0 saturated heterocycles. The second kappa shape index (κ2) is 3.51. The fraction of sp³-hybridized carbons (Fsp3) is 0. The monoisotopic (exact) mass is 186 g/mol. The van der Waals surface area contributed by atoms with Gasteiger partial charge in [0.15, 0.2) is 0 Å². The maximum Gasteiger partial charge on any atom is 0 e. The molecule has 1 aromatic heterocycles. The molecule has 0 radical (unpaired) electrons. The van der Waals surface area contributed by atoms with Crippen molar-refractivity contribution < 1.29 is 19.5 Å². The molecule has 0 atom stereocenters. The first-order valence-corrected chi connectivity index (χ1v) is 2.41. The maximum atomic E-state index is 2.04. The molecule has 0 saturated carbocycles. The normalized spacial score (nSPS) is 6.67. The van der Waals surface area contributed by atoms with Crippen molar-refractivity contribution in [3.05, 3.63) is 22.9 Å². The average molecular weight is 185 g/mol. The van der Waals surface area contributed by atoms with Gasteiger partial charge in [-0.1, -0.05) is 12.1 Å². The van der Waals surface area contributed by atoms with Crippen molar-refractivity contribution in [1.82, 2.24) is 0 Å². The summed E-state index contributed by atoms with van der Waals surface area (Å²) in [5.74, 6) is 0. The molecule has 0 N–H and O–H groups in total. The van der Waals surface area contributed by atoms with E-state index in [1.807, 2.05) is 22.9 Å². The summed E-state index contributed by atoms with van der Waals surface area (Å²) in [7, 11) is 0. The summed E-state index contributed by atoms with van der Waals surface area (Å²) in [6.07, 6.45) is 0. The van der Waals surface area contributed by atoms with Gasteiger partial charge >= 0.3 is 0 Å². The van der Waals surface area contributed by atoms with Gasteiger partial charge < -0.3 is 0 Å². The zero-order valence-electron chi connectivity index (χ0n) is 3.07. The van der Waals surface area contributed by atoms with Crippen LogP contribution in [-0.2, 0) is 19.5 Å². The Bertz CT molecular complexity index is 64.0. The van der Waals surface area contributed by atoms with Crippen LogP contribution in [0.5, 0.6) is 0 Å². The van der Waals surface area contributed by atoms with Crippen LogP contribution in [0.4, 0.5) is 0 Å². The molecule has 2 heteroatoms. The Morgan fingerprint density at radius 2 is 1.50 bits per heavy atom. The molecule has 1 heterocycles. The molecule has 0 unspecified atom stereocenters. The Hall–Kier alpha value is 0.323. The minimum Gasteiger partial charge on any atom is -0.152 e. The van der Waals surface area contributed by atoms with Crippen LogP contribution >= 0.6 is 11.3 Å². The van der Waals surface area contributed by atoms with E-state index < -0.39 is 0 Å². The third kappa shape index (κ3) is 1.69. The molecule has 6 heavy (non-hydrogen) atoms. The molecule has 1 aromatic rings. The van der Waals surface area contributed by atoms with Gasteiger partial charge in [-0.05, 0) is 10.8 Å². The van der Waals surface area contributed by atoms with E-state index in [-0.39, 0.29) is 19.5 Å². The quantitative estimate of drug-likeness (QED) is 0.540. The number of hydrogen-bond acceptors (Lipinski definition) is 1. The van der Waals surface area contributed by atoms with Gasteiger partial charge in [-0.25, -0.2) is 0 Å². The van der Waals surface area contributed by atoms with Crippen LogP contribution in [0.15, 0.2) is 22.9 Å². The van der Waals surface area contributed by atoms with Crippen molar-refractivity contribution in [3.8, 4) is 0 Å². The van der Waals surface area contributed by atoms with E-state index in [9.17, 15) is 0 Å². The second-order valence-electron chi connectivity index (χ2n) is 0.793. The van der Waals surface area contributed by atoms with E-state index in [0.717, 1.165) is 0 Å². The van der Waals surface area contributed by atoms with Crippen molar-refractivity contribution in [2.45, 2.75) is 0 Å². The number of rotatable bonds is 0. The van der Waals surface area contributed by atoms with Gasteiger partial charge in [0, 0.05) is 19.5 Å². The molecule has 1 rings (SSSR count). The zero-order valence-corrected chi connectivity index (χ0v) is 5.63. The minimum absolute atomic E-state index is 0. The van der Waals surface area contributed by atoms with Crippen molar-refractivity contribution in [2.75, 3.05) is 0 Å². The van der Waals surface area contributed by atoms with E-state index >= 15 is 0 Å². The van der Waals surface area contributed by atoms with Gasteiger partial charge in [0.05, 0.1) is 0 Å². The minimum atomic E-state index is 0. The van der Waals surface area contributed by atoms with Gasteiger partial charge in [-0.3, -0.25) is 0 Å². The van der Waals surface area contributed by atoms with Crippen molar-refractivity contribution in [3.63, 3.8) is 0 Å². The standard InChI is InChI=1S/C4H4S.Ru/c1-2-4-5-3-1;/h1-4H;. The molecule has 0 aliphatic rings. The summed E-state index contributed by atoms with van der Waals surface area (Å²) >= 11 is 1.71. The van der Waals surface area contributed by atoms with Crippen molar-refractivity contribution in [2.24, 2.45) is 0 Å². The summed E-state index contributed by atoms with van der Waals surface area (Å²) in [5.41, 5.74) is 0. The first-order chi connectivity index (χ1) is 2.50. The molecular formula is C4H4RuS. The van der Waals surface area contributed by atoms with E-state index in [1.165, 1.54) is 0 Å². The smallest absolute Gasteiger partial charge is 0 e. The third-order valence-corrected chi connectivity index (χ3v) is 1.05. The molecule has 0 bridgehead atoms. The number of hydrogen-bond donors (Lipinski definition) is 0. The summed E-state index contributed by atoms with van der Waals surface area (Å²) in [6, 6.07) is 4.04. The van der Waals surface area contributed by atoms with Crippen LogP contribution in [0.25, 0.3) is 0 Å². The van der Waals surface area contributed by atoms with Crippen LogP contribution < -0.4 is 0 Å². The van der Waals surface area contributed by atoms with Crippen LogP contribution in [-0.4, -0.2) is 0 Å². The van der Waals surface area contributed by atoms with E-state index in [2.05, 4.69) is 0 Å².